The summed E-state index contributed by atoms with van der Waals surface area (Å²) < 4.78 is 0. The summed E-state index contributed by atoms with van der Waals surface area (Å²) in [5.41, 5.74) is 0.610. The van der Waals surface area contributed by atoms with Crippen LogP contribution in [-0.2, 0) is 0 Å². The van der Waals surface area contributed by atoms with E-state index in [1.54, 1.807) is 24.3 Å². The third kappa shape index (κ3) is 3.03. The van der Waals surface area contributed by atoms with Gasteiger partial charge in [0.05, 0.1) is 0 Å². The van der Waals surface area contributed by atoms with Crippen LogP contribution in [-0.4, -0.2) is 17.1 Å². The molecule has 1 aliphatic carbocycles. The van der Waals surface area contributed by atoms with Crippen molar-refractivity contribution in [3.05, 3.63) is 29.8 Å². The number of nitrogens with one attached hydrogen (secondary N) is 1. The van der Waals surface area contributed by atoms with Crippen LogP contribution in [0.4, 0.5) is 0 Å². The second-order valence-corrected chi connectivity index (χ2v) is 5.52. The average Bonchev–Trinajstić information content (AvgIpc) is 2.33. The van der Waals surface area contributed by atoms with Gasteiger partial charge in [-0.15, -0.1) is 0 Å². The molecule has 0 heterocycles. The van der Waals surface area contributed by atoms with E-state index in [1.165, 1.54) is 12.8 Å². The van der Waals surface area contributed by atoms with Gasteiger partial charge in [-0.1, -0.05) is 13.8 Å². The molecule has 1 fully saturated rings. The highest BCUT2D eigenvalue weighted by molar-refractivity contribution is 5.94. The van der Waals surface area contributed by atoms with E-state index in [1.807, 2.05) is 0 Å². The molecule has 1 aromatic rings. The number of benzene rings is 1. The third-order valence-electron chi connectivity index (χ3n) is 3.88. The van der Waals surface area contributed by atoms with E-state index in [0.717, 1.165) is 12.3 Å². The predicted molar refractivity (Wildman–Crippen MR) is 71.5 cm³/mol. The molecular formula is C15H21NO2. The largest absolute Gasteiger partial charge is 0.508 e. The summed E-state index contributed by atoms with van der Waals surface area (Å²) >= 11 is 0. The lowest BCUT2D eigenvalue weighted by atomic mass is 9.80. The Morgan fingerprint density at radius 1 is 1.22 bits per heavy atom. The molecule has 18 heavy (non-hydrogen) atoms. The smallest absolute Gasteiger partial charge is 0.251 e. The van der Waals surface area contributed by atoms with Crippen molar-refractivity contribution < 1.29 is 9.90 Å². The van der Waals surface area contributed by atoms with Crippen molar-refractivity contribution in [2.75, 3.05) is 0 Å². The number of rotatable bonds is 2. The van der Waals surface area contributed by atoms with E-state index in [2.05, 4.69) is 19.2 Å². The van der Waals surface area contributed by atoms with Crippen LogP contribution < -0.4 is 5.32 Å². The van der Waals surface area contributed by atoms with Crippen molar-refractivity contribution in [1.29, 1.82) is 0 Å². The van der Waals surface area contributed by atoms with Crippen LogP contribution in [0.3, 0.4) is 0 Å². The number of hydrogen-bond acceptors (Lipinski definition) is 2. The number of carbonyl (C=O) groups excluding carboxylic acids is 1. The molecule has 1 saturated carbocycles. The Balaban J connectivity index is 1.97. The fraction of sp³-hybridized carbons (Fsp3) is 0.533. The first-order valence-electron chi connectivity index (χ1n) is 6.66. The molecule has 3 atom stereocenters. The van der Waals surface area contributed by atoms with Gasteiger partial charge in [0.25, 0.3) is 5.91 Å². The maximum absolute atomic E-state index is 12.1. The molecule has 3 unspecified atom stereocenters. The van der Waals surface area contributed by atoms with Gasteiger partial charge in [0, 0.05) is 11.6 Å². The molecule has 2 N–H and O–H groups in total. The highest BCUT2D eigenvalue weighted by Crippen LogP contribution is 2.28. The van der Waals surface area contributed by atoms with Crippen LogP contribution in [0, 0.1) is 11.8 Å². The maximum Gasteiger partial charge on any atom is 0.251 e. The summed E-state index contributed by atoms with van der Waals surface area (Å²) in [4.78, 5) is 12.1. The van der Waals surface area contributed by atoms with E-state index >= 15 is 0 Å². The highest BCUT2D eigenvalue weighted by Gasteiger charge is 2.26. The first kappa shape index (κ1) is 12.9. The second-order valence-electron chi connectivity index (χ2n) is 5.52. The van der Waals surface area contributed by atoms with Crippen LogP contribution in [0.2, 0.25) is 0 Å². The molecular weight excluding hydrogens is 226 g/mol. The highest BCUT2D eigenvalue weighted by atomic mass is 16.3. The van der Waals surface area contributed by atoms with E-state index in [-0.39, 0.29) is 17.7 Å². The van der Waals surface area contributed by atoms with Crippen molar-refractivity contribution in [3.63, 3.8) is 0 Å². The van der Waals surface area contributed by atoms with E-state index in [4.69, 9.17) is 0 Å². The number of phenolic OH excluding ortho intramolecular Hbond substituents is 1. The number of aromatic hydroxyl groups is 1. The van der Waals surface area contributed by atoms with Crippen molar-refractivity contribution in [1.82, 2.24) is 5.32 Å². The lowest BCUT2D eigenvalue weighted by Gasteiger charge is -2.33. The third-order valence-corrected chi connectivity index (χ3v) is 3.88. The van der Waals surface area contributed by atoms with E-state index in [9.17, 15) is 9.90 Å². The fourth-order valence-electron chi connectivity index (χ4n) is 2.74. The van der Waals surface area contributed by atoms with Crippen LogP contribution in [0.25, 0.3) is 0 Å². The van der Waals surface area contributed by atoms with Gasteiger partial charge in [-0.2, -0.15) is 0 Å². The van der Waals surface area contributed by atoms with Gasteiger partial charge in [-0.05, 0) is 55.4 Å². The number of carbonyl (C=O) groups is 1. The molecule has 0 radical (unpaired) electrons. The van der Waals surface area contributed by atoms with Crippen molar-refractivity contribution in [3.8, 4) is 5.75 Å². The zero-order chi connectivity index (χ0) is 13.1. The molecule has 1 aromatic carbocycles. The summed E-state index contributed by atoms with van der Waals surface area (Å²) in [6.07, 6.45) is 3.43. The SMILES string of the molecule is CC1CCC(NC(=O)c2ccc(O)cc2)C(C)C1. The molecule has 0 bridgehead atoms. The molecule has 0 aliphatic heterocycles. The maximum atomic E-state index is 12.1. The van der Waals surface area contributed by atoms with Crippen LogP contribution in [0.5, 0.6) is 5.75 Å². The zero-order valence-electron chi connectivity index (χ0n) is 11.0. The fourth-order valence-corrected chi connectivity index (χ4v) is 2.74. The van der Waals surface area contributed by atoms with Gasteiger partial charge in [-0.25, -0.2) is 0 Å². The summed E-state index contributed by atoms with van der Waals surface area (Å²) in [5.74, 6) is 1.45. The lowest BCUT2D eigenvalue weighted by Crippen LogP contribution is -2.42. The Hall–Kier alpha value is -1.51. The Kier molecular flexibility index (Phi) is 3.90. The van der Waals surface area contributed by atoms with E-state index in [0.29, 0.717) is 11.5 Å². The van der Waals surface area contributed by atoms with Gasteiger partial charge in [0.15, 0.2) is 0 Å². The molecule has 3 nitrogen and oxygen atoms in total. The zero-order valence-corrected chi connectivity index (χ0v) is 11.0. The van der Waals surface area contributed by atoms with Crippen molar-refractivity contribution in [2.45, 2.75) is 39.2 Å². The van der Waals surface area contributed by atoms with Gasteiger partial charge in [0.1, 0.15) is 5.75 Å². The van der Waals surface area contributed by atoms with Crippen LogP contribution >= 0.6 is 0 Å². The van der Waals surface area contributed by atoms with Crippen LogP contribution in [0.15, 0.2) is 24.3 Å². The summed E-state index contributed by atoms with van der Waals surface area (Å²) in [6.45, 7) is 4.48. The Bertz CT molecular complexity index is 413. The summed E-state index contributed by atoms with van der Waals surface area (Å²) in [5, 5.41) is 12.3. The molecule has 98 valence electrons. The first-order chi connectivity index (χ1) is 8.56. The van der Waals surface area contributed by atoms with Crippen LogP contribution in [0.1, 0.15) is 43.5 Å². The molecule has 1 amide bonds. The Morgan fingerprint density at radius 2 is 1.89 bits per heavy atom. The van der Waals surface area contributed by atoms with Gasteiger partial charge in [-0.3, -0.25) is 4.79 Å². The number of amides is 1. The van der Waals surface area contributed by atoms with E-state index < -0.39 is 0 Å². The van der Waals surface area contributed by atoms with Gasteiger partial charge >= 0.3 is 0 Å². The standard InChI is InChI=1S/C15H21NO2/c1-10-3-8-14(11(2)9-10)16-15(18)12-4-6-13(17)7-5-12/h4-7,10-11,14,17H,3,8-9H2,1-2H3,(H,16,18). The topological polar surface area (TPSA) is 49.3 Å². The molecule has 3 heteroatoms. The Morgan fingerprint density at radius 3 is 2.50 bits per heavy atom. The molecule has 0 saturated heterocycles. The minimum Gasteiger partial charge on any atom is -0.508 e. The molecule has 0 aromatic heterocycles. The summed E-state index contributed by atoms with van der Waals surface area (Å²) in [7, 11) is 0. The lowest BCUT2D eigenvalue weighted by molar-refractivity contribution is 0.0899. The van der Waals surface area contributed by atoms with Gasteiger partial charge in [0.2, 0.25) is 0 Å². The minimum absolute atomic E-state index is 0.0404. The van der Waals surface area contributed by atoms with Gasteiger partial charge < -0.3 is 10.4 Å². The minimum atomic E-state index is -0.0404. The quantitative estimate of drug-likeness (QED) is 0.844. The Labute approximate surface area is 108 Å². The molecule has 2 rings (SSSR count). The van der Waals surface area contributed by atoms with Crippen molar-refractivity contribution in [2.24, 2.45) is 11.8 Å². The number of hydrogen-bond donors (Lipinski definition) is 2. The summed E-state index contributed by atoms with van der Waals surface area (Å²) in [6, 6.07) is 6.67. The monoisotopic (exact) mass is 247 g/mol. The van der Waals surface area contributed by atoms with Crippen molar-refractivity contribution >= 4 is 5.91 Å². The number of phenols is 1. The normalized spacial score (nSPS) is 27.8. The first-order valence-corrected chi connectivity index (χ1v) is 6.66. The average molecular weight is 247 g/mol. The predicted octanol–water partition coefficient (Wildman–Crippen LogP) is 2.95. The molecule has 1 aliphatic rings. The second kappa shape index (κ2) is 5.42. The molecule has 0 spiro atoms.